The predicted octanol–water partition coefficient (Wildman–Crippen LogP) is 3.45. The Kier molecular flexibility index (Phi) is 4.28. The molecule has 1 N–H and O–H groups in total. The van der Waals surface area contributed by atoms with E-state index in [1.54, 1.807) is 35.1 Å². The highest BCUT2D eigenvalue weighted by atomic mass is 16.2. The molecule has 4 aromatic rings. The molecular weight excluding hydrogens is 378 g/mol. The molecule has 0 aliphatic carbocycles. The highest BCUT2D eigenvalue weighted by Gasteiger charge is 2.24. The molecule has 0 radical (unpaired) electrons. The first-order valence-corrected chi connectivity index (χ1v) is 9.66. The van der Waals surface area contributed by atoms with Gasteiger partial charge in [-0.15, -0.1) is 0 Å². The Morgan fingerprint density at radius 2 is 1.80 bits per heavy atom. The van der Waals surface area contributed by atoms with Crippen LogP contribution < -0.4 is 5.32 Å². The fraction of sp³-hybridized carbons (Fsp3) is 0.130. The van der Waals surface area contributed by atoms with Crippen LogP contribution in [-0.4, -0.2) is 31.3 Å². The van der Waals surface area contributed by atoms with Crippen molar-refractivity contribution in [3.63, 3.8) is 0 Å². The van der Waals surface area contributed by atoms with Crippen LogP contribution in [0.15, 0.2) is 67.1 Å². The Morgan fingerprint density at radius 1 is 1.03 bits per heavy atom. The Morgan fingerprint density at radius 3 is 2.57 bits per heavy atom. The lowest BCUT2D eigenvalue weighted by molar-refractivity contribution is 0.0751. The summed E-state index contributed by atoms with van der Waals surface area (Å²) < 4.78 is 1.55. The predicted molar refractivity (Wildman–Crippen MR) is 112 cm³/mol. The van der Waals surface area contributed by atoms with Crippen LogP contribution in [0.1, 0.15) is 37.4 Å². The van der Waals surface area contributed by atoms with Crippen molar-refractivity contribution in [3.8, 4) is 0 Å². The maximum Gasteiger partial charge on any atom is 0.261 e. The van der Waals surface area contributed by atoms with Crippen LogP contribution in [0, 0.1) is 6.92 Å². The van der Waals surface area contributed by atoms with Crippen LogP contribution in [-0.2, 0) is 13.1 Å². The minimum Gasteiger partial charge on any atom is -0.330 e. The zero-order chi connectivity index (χ0) is 20.7. The molecule has 0 atom stereocenters. The fourth-order valence-electron chi connectivity index (χ4n) is 3.73. The van der Waals surface area contributed by atoms with Crippen molar-refractivity contribution in [2.75, 3.05) is 5.32 Å². The molecule has 2 aromatic carbocycles. The van der Waals surface area contributed by atoms with Gasteiger partial charge in [0, 0.05) is 36.7 Å². The van der Waals surface area contributed by atoms with E-state index in [-0.39, 0.29) is 11.8 Å². The monoisotopic (exact) mass is 397 g/mol. The molecule has 0 saturated carbocycles. The first-order chi connectivity index (χ1) is 14.6. The summed E-state index contributed by atoms with van der Waals surface area (Å²) in [5.41, 5.74) is 5.21. The van der Waals surface area contributed by atoms with Crippen molar-refractivity contribution >= 4 is 23.1 Å². The SMILES string of the molecule is Cc1ccc(C(=O)N2Cc3ccccc3C2)cc1NC(=O)c1cnn2cccnc12. The number of fused-ring (bicyclic) bond motifs is 2. The third kappa shape index (κ3) is 3.10. The number of hydrogen-bond donors (Lipinski definition) is 1. The molecule has 7 nitrogen and oxygen atoms in total. The van der Waals surface area contributed by atoms with Crippen molar-refractivity contribution in [2.45, 2.75) is 20.0 Å². The molecule has 0 saturated heterocycles. The van der Waals surface area contributed by atoms with Crippen LogP contribution in [0.25, 0.3) is 5.65 Å². The summed E-state index contributed by atoms with van der Waals surface area (Å²) in [6.45, 7) is 3.08. The van der Waals surface area contributed by atoms with E-state index in [0.717, 1.165) is 5.56 Å². The molecule has 2 aromatic heterocycles. The molecule has 0 unspecified atom stereocenters. The van der Waals surface area contributed by atoms with Gasteiger partial charge in [0.25, 0.3) is 11.8 Å². The minimum atomic E-state index is -0.315. The molecule has 148 valence electrons. The lowest BCUT2D eigenvalue weighted by Crippen LogP contribution is -2.25. The van der Waals surface area contributed by atoms with E-state index in [9.17, 15) is 9.59 Å². The van der Waals surface area contributed by atoms with Gasteiger partial charge in [-0.05, 0) is 41.8 Å². The molecule has 0 bridgehead atoms. The molecule has 1 aliphatic rings. The van der Waals surface area contributed by atoms with Gasteiger partial charge >= 0.3 is 0 Å². The summed E-state index contributed by atoms with van der Waals surface area (Å²) in [7, 11) is 0. The van der Waals surface area contributed by atoms with E-state index in [1.165, 1.54) is 17.3 Å². The molecule has 0 fully saturated rings. The van der Waals surface area contributed by atoms with Crippen LogP contribution >= 0.6 is 0 Å². The second-order valence-electron chi connectivity index (χ2n) is 7.36. The smallest absolute Gasteiger partial charge is 0.261 e. The maximum absolute atomic E-state index is 13.1. The number of benzene rings is 2. The Hall–Kier alpha value is -4.00. The van der Waals surface area contributed by atoms with Gasteiger partial charge in [-0.25, -0.2) is 9.50 Å². The van der Waals surface area contributed by atoms with Gasteiger partial charge in [0.1, 0.15) is 5.56 Å². The topological polar surface area (TPSA) is 79.6 Å². The zero-order valence-corrected chi connectivity index (χ0v) is 16.4. The normalized spacial score (nSPS) is 12.8. The number of carbonyl (C=O) groups is 2. The van der Waals surface area contributed by atoms with Crippen molar-refractivity contribution in [1.29, 1.82) is 0 Å². The summed E-state index contributed by atoms with van der Waals surface area (Å²) in [6, 6.07) is 15.2. The van der Waals surface area contributed by atoms with Gasteiger partial charge in [-0.3, -0.25) is 9.59 Å². The van der Waals surface area contributed by atoms with Crippen LogP contribution in [0.5, 0.6) is 0 Å². The van der Waals surface area contributed by atoms with Gasteiger partial charge in [0.2, 0.25) is 0 Å². The summed E-state index contributed by atoms with van der Waals surface area (Å²) in [5, 5.41) is 7.06. The summed E-state index contributed by atoms with van der Waals surface area (Å²) in [6.07, 6.45) is 4.84. The van der Waals surface area contributed by atoms with Crippen LogP contribution in [0.4, 0.5) is 5.69 Å². The third-order valence-electron chi connectivity index (χ3n) is 5.38. The van der Waals surface area contributed by atoms with Gasteiger partial charge in [-0.2, -0.15) is 5.10 Å². The van der Waals surface area contributed by atoms with E-state index in [2.05, 4.69) is 15.4 Å². The number of anilines is 1. The number of carbonyl (C=O) groups excluding carboxylic acids is 2. The number of aromatic nitrogens is 3. The molecule has 5 rings (SSSR count). The summed E-state index contributed by atoms with van der Waals surface area (Å²) in [5.74, 6) is -0.371. The number of nitrogens with zero attached hydrogens (tertiary/aromatic N) is 4. The molecule has 7 heteroatoms. The molecule has 2 amide bonds. The second kappa shape index (κ2) is 7.11. The highest BCUT2D eigenvalue weighted by molar-refractivity contribution is 6.09. The average Bonchev–Trinajstić information content (AvgIpc) is 3.39. The van der Waals surface area contributed by atoms with Gasteiger partial charge in [-0.1, -0.05) is 30.3 Å². The lowest BCUT2D eigenvalue weighted by Gasteiger charge is -2.17. The van der Waals surface area contributed by atoms with Crippen LogP contribution in [0.3, 0.4) is 0 Å². The maximum atomic E-state index is 13.1. The molecule has 0 spiro atoms. The van der Waals surface area contributed by atoms with Crippen molar-refractivity contribution in [3.05, 3.63) is 94.9 Å². The van der Waals surface area contributed by atoms with E-state index < -0.39 is 0 Å². The van der Waals surface area contributed by atoms with Gasteiger partial charge in [0.05, 0.1) is 6.20 Å². The van der Waals surface area contributed by atoms with Crippen LogP contribution in [0.2, 0.25) is 0 Å². The zero-order valence-electron chi connectivity index (χ0n) is 16.4. The van der Waals surface area contributed by atoms with Crippen molar-refractivity contribution in [1.82, 2.24) is 19.5 Å². The van der Waals surface area contributed by atoms with Crippen molar-refractivity contribution in [2.24, 2.45) is 0 Å². The number of nitrogens with one attached hydrogen (secondary N) is 1. The first-order valence-electron chi connectivity index (χ1n) is 9.66. The van der Waals surface area contributed by atoms with Gasteiger partial charge in [0.15, 0.2) is 5.65 Å². The number of rotatable bonds is 3. The molecule has 1 aliphatic heterocycles. The van der Waals surface area contributed by atoms with E-state index in [4.69, 9.17) is 0 Å². The minimum absolute atomic E-state index is 0.0562. The fourth-order valence-corrected chi connectivity index (χ4v) is 3.73. The number of amides is 2. The quantitative estimate of drug-likeness (QED) is 0.574. The molecular formula is C23H19N5O2. The molecule has 30 heavy (non-hydrogen) atoms. The van der Waals surface area contributed by atoms with E-state index in [0.29, 0.717) is 35.6 Å². The van der Waals surface area contributed by atoms with E-state index in [1.807, 2.05) is 42.2 Å². The standard InChI is InChI=1S/C23H19N5O2/c1-15-7-8-16(23(30)27-13-17-5-2-3-6-18(17)14-27)11-20(15)26-22(29)19-12-25-28-10-4-9-24-21(19)28/h2-12H,13-14H2,1H3,(H,26,29). The van der Waals surface area contributed by atoms with E-state index >= 15 is 0 Å². The first kappa shape index (κ1) is 18.1. The number of aryl methyl sites for hydroxylation is 1. The summed E-state index contributed by atoms with van der Waals surface area (Å²) in [4.78, 5) is 31.9. The number of hydrogen-bond acceptors (Lipinski definition) is 4. The van der Waals surface area contributed by atoms with Gasteiger partial charge < -0.3 is 10.2 Å². The summed E-state index contributed by atoms with van der Waals surface area (Å²) >= 11 is 0. The Balaban J connectivity index is 1.39. The second-order valence-corrected chi connectivity index (χ2v) is 7.36. The average molecular weight is 397 g/mol. The molecule has 3 heterocycles. The third-order valence-corrected chi connectivity index (χ3v) is 5.38. The largest absolute Gasteiger partial charge is 0.330 e. The Labute approximate surface area is 173 Å². The lowest BCUT2D eigenvalue weighted by atomic mass is 10.1. The Bertz CT molecular complexity index is 1270. The van der Waals surface area contributed by atoms with Crippen molar-refractivity contribution < 1.29 is 9.59 Å². The highest BCUT2D eigenvalue weighted by Crippen LogP contribution is 2.26.